The minimum atomic E-state index is -4.83. The zero-order valence-electron chi connectivity index (χ0n) is 17.2. The lowest BCUT2D eigenvalue weighted by Gasteiger charge is -2.38. The summed E-state index contributed by atoms with van der Waals surface area (Å²) in [7, 11) is 3.16. The fraction of sp³-hybridized carbons (Fsp3) is 0.650. The Morgan fingerprint density at radius 1 is 1.22 bits per heavy atom. The summed E-state index contributed by atoms with van der Waals surface area (Å²) in [5.41, 5.74) is -2.21. The SMILES string of the molecule is CCC(CC)C(O)(c1cc(C)c(/N=C/N(C)C(C)C)cc1OC)C(F)(F)F. The van der Waals surface area contributed by atoms with Crippen LogP contribution in [0.3, 0.4) is 0 Å². The van der Waals surface area contributed by atoms with Gasteiger partial charge in [0.15, 0.2) is 5.60 Å². The second-order valence-electron chi connectivity index (χ2n) is 7.12. The van der Waals surface area contributed by atoms with E-state index in [1.54, 1.807) is 27.1 Å². The summed E-state index contributed by atoms with van der Waals surface area (Å²) in [6, 6.07) is 3.03. The van der Waals surface area contributed by atoms with Crippen LogP contribution in [0, 0.1) is 12.8 Å². The first-order valence-electron chi connectivity index (χ1n) is 9.18. The molecule has 1 atom stereocenters. The van der Waals surface area contributed by atoms with E-state index < -0.39 is 17.7 Å². The monoisotopic (exact) mass is 388 g/mol. The number of aliphatic imine (C=N–C) groups is 1. The molecule has 0 saturated carbocycles. The van der Waals surface area contributed by atoms with E-state index in [1.165, 1.54) is 19.2 Å². The van der Waals surface area contributed by atoms with Crippen molar-refractivity contribution in [2.45, 2.75) is 65.3 Å². The standard InChI is InChI=1S/C20H31F3N2O2/c1-8-15(9-2)19(26,20(21,22)23)16-10-14(5)17(11-18(16)27-7)24-12-25(6)13(3)4/h10-13,15,26H,8-9H2,1-7H3/b24-12+. The van der Waals surface area contributed by atoms with Crippen LogP contribution in [0.2, 0.25) is 0 Å². The van der Waals surface area contributed by atoms with E-state index in [2.05, 4.69) is 4.99 Å². The first kappa shape index (κ1) is 23.3. The third-order valence-electron chi connectivity index (χ3n) is 5.13. The molecule has 0 amide bonds. The highest BCUT2D eigenvalue weighted by atomic mass is 19.4. The summed E-state index contributed by atoms with van der Waals surface area (Å²) in [4.78, 5) is 6.25. The average molecular weight is 388 g/mol. The lowest BCUT2D eigenvalue weighted by Crippen LogP contribution is -2.48. The molecule has 154 valence electrons. The zero-order valence-corrected chi connectivity index (χ0v) is 17.2. The number of alkyl halides is 3. The van der Waals surface area contributed by atoms with E-state index >= 15 is 0 Å². The van der Waals surface area contributed by atoms with Gasteiger partial charge in [0.25, 0.3) is 0 Å². The van der Waals surface area contributed by atoms with Crippen molar-refractivity contribution >= 4 is 12.0 Å². The van der Waals surface area contributed by atoms with Gasteiger partial charge in [-0.15, -0.1) is 0 Å². The highest BCUT2D eigenvalue weighted by molar-refractivity contribution is 5.65. The second-order valence-corrected chi connectivity index (χ2v) is 7.12. The lowest BCUT2D eigenvalue weighted by molar-refractivity contribution is -0.288. The summed E-state index contributed by atoms with van der Waals surface area (Å²) in [5, 5.41) is 10.8. The molecule has 0 aliphatic heterocycles. The zero-order chi connectivity index (χ0) is 21.0. The van der Waals surface area contributed by atoms with Gasteiger partial charge >= 0.3 is 6.18 Å². The molecule has 0 saturated heterocycles. The Kier molecular flexibility index (Phi) is 7.72. The van der Waals surface area contributed by atoms with E-state index in [1.807, 2.05) is 25.8 Å². The fourth-order valence-corrected chi connectivity index (χ4v) is 3.05. The maximum Gasteiger partial charge on any atom is 0.421 e. The molecular formula is C20H31F3N2O2. The molecule has 4 nitrogen and oxygen atoms in total. The Morgan fingerprint density at radius 3 is 2.19 bits per heavy atom. The van der Waals surface area contributed by atoms with Gasteiger partial charge in [-0.3, -0.25) is 0 Å². The summed E-state index contributed by atoms with van der Waals surface area (Å²) in [6.07, 6.45) is -2.82. The van der Waals surface area contributed by atoms with E-state index in [4.69, 9.17) is 4.74 Å². The number of hydrogen-bond acceptors (Lipinski definition) is 3. The summed E-state index contributed by atoms with van der Waals surface area (Å²) in [5.74, 6) is -1.00. The molecule has 0 heterocycles. The number of ether oxygens (including phenoxy) is 1. The molecule has 1 rings (SSSR count). The van der Waals surface area contributed by atoms with Crippen molar-refractivity contribution in [2.75, 3.05) is 14.2 Å². The van der Waals surface area contributed by atoms with Crippen LogP contribution in [-0.2, 0) is 5.60 Å². The topological polar surface area (TPSA) is 45.1 Å². The van der Waals surface area contributed by atoms with Crippen molar-refractivity contribution in [3.05, 3.63) is 23.3 Å². The number of hydrogen-bond donors (Lipinski definition) is 1. The third-order valence-corrected chi connectivity index (χ3v) is 5.13. The van der Waals surface area contributed by atoms with Gasteiger partial charge in [-0.25, -0.2) is 4.99 Å². The van der Waals surface area contributed by atoms with Gasteiger partial charge in [0.2, 0.25) is 0 Å². The van der Waals surface area contributed by atoms with E-state index in [-0.39, 0.29) is 30.2 Å². The molecular weight excluding hydrogens is 357 g/mol. The first-order chi connectivity index (χ1) is 12.4. The molecule has 27 heavy (non-hydrogen) atoms. The van der Waals surface area contributed by atoms with Crippen molar-refractivity contribution in [1.29, 1.82) is 0 Å². The third kappa shape index (κ3) is 4.75. The maximum absolute atomic E-state index is 14.0. The van der Waals surface area contributed by atoms with E-state index in [0.717, 1.165) is 0 Å². The minimum Gasteiger partial charge on any atom is -0.496 e. The molecule has 0 aromatic heterocycles. The van der Waals surface area contributed by atoms with Crippen LogP contribution >= 0.6 is 0 Å². The van der Waals surface area contributed by atoms with Crippen LogP contribution in [0.4, 0.5) is 18.9 Å². The van der Waals surface area contributed by atoms with Crippen molar-refractivity contribution in [1.82, 2.24) is 4.90 Å². The van der Waals surface area contributed by atoms with Gasteiger partial charge in [0.05, 0.1) is 19.1 Å². The predicted octanol–water partition coefficient (Wildman–Crippen LogP) is 5.19. The smallest absolute Gasteiger partial charge is 0.421 e. The Labute approximate surface area is 160 Å². The Bertz CT molecular complexity index is 655. The van der Waals surface area contributed by atoms with Gasteiger partial charge in [-0.05, 0) is 45.2 Å². The summed E-state index contributed by atoms with van der Waals surface area (Å²) in [6.45, 7) is 8.97. The molecule has 0 aliphatic rings. The maximum atomic E-state index is 14.0. The molecule has 0 bridgehead atoms. The van der Waals surface area contributed by atoms with Crippen LogP contribution in [0.1, 0.15) is 51.7 Å². The van der Waals surface area contributed by atoms with Crippen LogP contribution in [0.25, 0.3) is 0 Å². The van der Waals surface area contributed by atoms with E-state index in [9.17, 15) is 18.3 Å². The van der Waals surface area contributed by atoms with Crippen LogP contribution in [0.5, 0.6) is 5.75 Å². The lowest BCUT2D eigenvalue weighted by atomic mass is 9.76. The van der Waals surface area contributed by atoms with Gasteiger partial charge < -0.3 is 14.7 Å². The van der Waals surface area contributed by atoms with Crippen LogP contribution in [0.15, 0.2) is 17.1 Å². The summed E-state index contributed by atoms with van der Waals surface area (Å²) >= 11 is 0. The molecule has 7 heteroatoms. The van der Waals surface area contributed by atoms with Crippen molar-refractivity contribution in [3.8, 4) is 5.75 Å². The van der Waals surface area contributed by atoms with Gasteiger partial charge in [-0.1, -0.05) is 13.8 Å². The number of aliphatic hydroxyl groups is 1. The number of benzene rings is 1. The number of nitrogens with zero attached hydrogens (tertiary/aromatic N) is 2. The molecule has 0 spiro atoms. The number of rotatable bonds is 8. The van der Waals surface area contributed by atoms with Gasteiger partial charge in [0, 0.05) is 30.6 Å². The second kappa shape index (κ2) is 8.95. The quantitative estimate of drug-likeness (QED) is 0.492. The molecule has 0 aliphatic carbocycles. The molecule has 1 N–H and O–H groups in total. The Hall–Kier alpha value is -1.76. The number of aryl methyl sites for hydroxylation is 1. The predicted molar refractivity (Wildman–Crippen MR) is 103 cm³/mol. The van der Waals surface area contributed by atoms with Crippen LogP contribution < -0.4 is 4.74 Å². The van der Waals surface area contributed by atoms with Crippen molar-refractivity contribution in [3.63, 3.8) is 0 Å². The van der Waals surface area contributed by atoms with Crippen molar-refractivity contribution < 1.29 is 23.0 Å². The van der Waals surface area contributed by atoms with Gasteiger partial charge in [0.1, 0.15) is 5.75 Å². The highest BCUT2D eigenvalue weighted by Gasteiger charge is 2.59. The van der Waals surface area contributed by atoms with Crippen molar-refractivity contribution in [2.24, 2.45) is 10.9 Å². The van der Waals surface area contributed by atoms with Crippen LogP contribution in [-0.4, -0.2) is 42.7 Å². The normalized spacial score (nSPS) is 14.9. The number of halogens is 3. The minimum absolute atomic E-state index is 0.0216. The molecule has 1 unspecified atom stereocenters. The largest absolute Gasteiger partial charge is 0.496 e. The van der Waals surface area contributed by atoms with E-state index in [0.29, 0.717) is 11.3 Å². The molecule has 0 fully saturated rings. The first-order valence-corrected chi connectivity index (χ1v) is 9.18. The highest BCUT2D eigenvalue weighted by Crippen LogP contribution is 2.50. The summed E-state index contributed by atoms with van der Waals surface area (Å²) < 4.78 is 47.1. The molecule has 1 aromatic rings. The molecule has 1 aromatic carbocycles. The fourth-order valence-electron chi connectivity index (χ4n) is 3.05. The Balaban J connectivity index is 3.57. The number of methoxy groups -OCH3 is 1. The Morgan fingerprint density at radius 2 is 1.78 bits per heavy atom. The average Bonchev–Trinajstić information content (AvgIpc) is 2.59. The molecule has 0 radical (unpaired) electrons. The van der Waals surface area contributed by atoms with Gasteiger partial charge in [-0.2, -0.15) is 13.2 Å².